The molecule has 4 rings (SSSR count). The standard InChI is InChI=1S/C23H20ClFN4O2S/c1-23(10-12-32-22(26)29-23)14-4-9-18(25)19(13-14)28-20(30)17-3-2-11-27-21(17)31-16-7-5-15(24)6-8-16/h2-9,11,13H,10,12H2,1H3,(H2,26,29)(H,28,30). The van der Waals surface area contributed by atoms with Crippen LogP contribution in [0.4, 0.5) is 10.1 Å². The fraction of sp³-hybridized carbons (Fsp3) is 0.174. The summed E-state index contributed by atoms with van der Waals surface area (Å²) >= 11 is 7.39. The molecule has 164 valence electrons. The van der Waals surface area contributed by atoms with Gasteiger partial charge in [-0.1, -0.05) is 29.4 Å². The molecule has 1 amide bonds. The lowest BCUT2D eigenvalue weighted by atomic mass is 9.89. The summed E-state index contributed by atoms with van der Waals surface area (Å²) in [7, 11) is 0. The molecule has 1 aliphatic rings. The van der Waals surface area contributed by atoms with Crippen LogP contribution in [0.15, 0.2) is 65.8 Å². The minimum absolute atomic E-state index is 0.0435. The number of nitrogens with zero attached hydrogens (tertiary/aromatic N) is 2. The maximum Gasteiger partial charge on any atom is 0.261 e. The number of pyridine rings is 1. The summed E-state index contributed by atoms with van der Waals surface area (Å²) in [6, 6.07) is 14.4. The van der Waals surface area contributed by atoms with Gasteiger partial charge in [0, 0.05) is 17.0 Å². The van der Waals surface area contributed by atoms with E-state index >= 15 is 0 Å². The Kier molecular flexibility index (Phi) is 6.34. The van der Waals surface area contributed by atoms with Gasteiger partial charge >= 0.3 is 0 Å². The van der Waals surface area contributed by atoms with E-state index in [-0.39, 0.29) is 17.1 Å². The normalized spacial score (nSPS) is 18.0. The molecule has 0 radical (unpaired) electrons. The Bertz CT molecular complexity index is 1190. The fourth-order valence-electron chi connectivity index (χ4n) is 3.30. The van der Waals surface area contributed by atoms with Gasteiger partial charge in [-0.25, -0.2) is 9.37 Å². The molecule has 32 heavy (non-hydrogen) atoms. The highest BCUT2D eigenvalue weighted by Crippen LogP contribution is 2.36. The quantitative estimate of drug-likeness (QED) is 0.507. The van der Waals surface area contributed by atoms with E-state index in [1.807, 2.05) is 6.92 Å². The van der Waals surface area contributed by atoms with Gasteiger partial charge in [-0.05, 0) is 67.4 Å². The molecule has 0 aliphatic carbocycles. The second-order valence-corrected chi connectivity index (χ2v) is 8.93. The van der Waals surface area contributed by atoms with Gasteiger partial charge in [0.05, 0.1) is 11.2 Å². The zero-order valence-corrected chi connectivity index (χ0v) is 18.7. The van der Waals surface area contributed by atoms with Crippen LogP contribution >= 0.6 is 23.4 Å². The number of carbonyl (C=O) groups excluding carboxylic acids is 1. The number of anilines is 1. The lowest BCUT2D eigenvalue weighted by Crippen LogP contribution is -2.29. The highest BCUT2D eigenvalue weighted by Gasteiger charge is 2.30. The van der Waals surface area contributed by atoms with E-state index in [0.717, 1.165) is 17.7 Å². The van der Waals surface area contributed by atoms with Gasteiger partial charge < -0.3 is 15.8 Å². The monoisotopic (exact) mass is 470 g/mol. The van der Waals surface area contributed by atoms with Crippen molar-refractivity contribution in [3.8, 4) is 11.6 Å². The van der Waals surface area contributed by atoms with Crippen molar-refractivity contribution in [2.75, 3.05) is 11.1 Å². The number of ether oxygens (including phenoxy) is 1. The molecule has 0 spiro atoms. The van der Waals surface area contributed by atoms with Gasteiger partial charge in [0.1, 0.15) is 17.1 Å². The maximum absolute atomic E-state index is 14.6. The molecule has 1 aliphatic heterocycles. The highest BCUT2D eigenvalue weighted by atomic mass is 35.5. The fourth-order valence-corrected chi connectivity index (χ4v) is 4.40. The van der Waals surface area contributed by atoms with Crippen LogP contribution in [0.1, 0.15) is 29.3 Å². The molecule has 2 aromatic carbocycles. The second-order valence-electron chi connectivity index (χ2n) is 7.38. The number of halogens is 2. The summed E-state index contributed by atoms with van der Waals surface area (Å²) in [6.07, 6.45) is 2.26. The van der Waals surface area contributed by atoms with Crippen LogP contribution in [-0.2, 0) is 5.54 Å². The Morgan fingerprint density at radius 1 is 1.25 bits per heavy atom. The van der Waals surface area contributed by atoms with Gasteiger partial charge in [-0.3, -0.25) is 9.79 Å². The highest BCUT2D eigenvalue weighted by molar-refractivity contribution is 8.13. The number of amides is 1. The van der Waals surface area contributed by atoms with Crippen molar-refractivity contribution in [3.63, 3.8) is 0 Å². The average Bonchev–Trinajstić information content (AvgIpc) is 2.77. The predicted octanol–water partition coefficient (Wildman–Crippen LogP) is 5.59. The average molecular weight is 471 g/mol. The van der Waals surface area contributed by atoms with Crippen LogP contribution < -0.4 is 15.8 Å². The van der Waals surface area contributed by atoms with Crippen LogP contribution in [0.5, 0.6) is 11.6 Å². The van der Waals surface area contributed by atoms with Crippen molar-refractivity contribution in [1.29, 1.82) is 0 Å². The summed E-state index contributed by atoms with van der Waals surface area (Å²) in [5, 5.41) is 3.68. The summed E-state index contributed by atoms with van der Waals surface area (Å²) in [5.74, 6) is 0.264. The first-order chi connectivity index (χ1) is 15.3. The Morgan fingerprint density at radius 3 is 2.78 bits per heavy atom. The van der Waals surface area contributed by atoms with Gasteiger partial charge in [-0.2, -0.15) is 0 Å². The first-order valence-electron chi connectivity index (χ1n) is 9.82. The van der Waals surface area contributed by atoms with E-state index in [2.05, 4.69) is 15.3 Å². The number of nitrogens with two attached hydrogens (primary N) is 1. The molecule has 0 saturated carbocycles. The zero-order valence-electron chi connectivity index (χ0n) is 17.1. The Labute approximate surface area is 194 Å². The van der Waals surface area contributed by atoms with Crippen LogP contribution in [0, 0.1) is 5.82 Å². The third kappa shape index (κ3) is 4.87. The van der Waals surface area contributed by atoms with Crippen molar-refractivity contribution < 1.29 is 13.9 Å². The molecular formula is C23H20ClFN4O2S. The molecular weight excluding hydrogens is 451 g/mol. The summed E-state index contributed by atoms with van der Waals surface area (Å²) in [5.41, 5.74) is 6.29. The van der Waals surface area contributed by atoms with Crippen molar-refractivity contribution in [2.45, 2.75) is 18.9 Å². The molecule has 0 fully saturated rings. The van der Waals surface area contributed by atoms with Crippen LogP contribution in [0.25, 0.3) is 0 Å². The number of nitrogens with one attached hydrogen (secondary N) is 1. The van der Waals surface area contributed by atoms with E-state index in [9.17, 15) is 9.18 Å². The minimum atomic E-state index is -0.584. The lowest BCUT2D eigenvalue weighted by Gasteiger charge is -2.30. The number of aromatic nitrogens is 1. The van der Waals surface area contributed by atoms with Crippen LogP contribution in [0.3, 0.4) is 0 Å². The number of carbonyl (C=O) groups is 1. The van der Waals surface area contributed by atoms with E-state index < -0.39 is 17.3 Å². The van der Waals surface area contributed by atoms with Gasteiger partial charge in [0.2, 0.25) is 5.88 Å². The summed E-state index contributed by atoms with van der Waals surface area (Å²) < 4.78 is 20.3. The molecule has 9 heteroatoms. The van der Waals surface area contributed by atoms with Crippen molar-refractivity contribution in [2.24, 2.45) is 10.7 Å². The van der Waals surface area contributed by atoms with Crippen molar-refractivity contribution in [1.82, 2.24) is 4.98 Å². The molecule has 3 N–H and O–H groups in total. The van der Waals surface area contributed by atoms with Crippen LogP contribution in [0.2, 0.25) is 5.02 Å². The smallest absolute Gasteiger partial charge is 0.261 e. The molecule has 3 aromatic rings. The topological polar surface area (TPSA) is 89.6 Å². The number of hydrogen-bond donors (Lipinski definition) is 2. The van der Waals surface area contributed by atoms with E-state index in [4.69, 9.17) is 22.1 Å². The Balaban J connectivity index is 1.60. The van der Waals surface area contributed by atoms with Crippen molar-refractivity contribution in [3.05, 3.63) is 82.8 Å². The third-order valence-corrected chi connectivity index (χ3v) is 6.12. The third-order valence-electron chi connectivity index (χ3n) is 5.08. The Hall–Kier alpha value is -3.10. The van der Waals surface area contributed by atoms with Gasteiger partial charge in [0.15, 0.2) is 5.17 Å². The number of benzene rings is 2. The molecule has 1 atom stereocenters. The lowest BCUT2D eigenvalue weighted by molar-refractivity contribution is 0.102. The summed E-state index contributed by atoms with van der Waals surface area (Å²) in [6.45, 7) is 1.94. The predicted molar refractivity (Wildman–Crippen MR) is 126 cm³/mol. The van der Waals surface area contributed by atoms with Crippen molar-refractivity contribution >= 4 is 40.1 Å². The van der Waals surface area contributed by atoms with E-state index in [0.29, 0.717) is 15.9 Å². The molecule has 0 bridgehead atoms. The first-order valence-corrected chi connectivity index (χ1v) is 11.2. The molecule has 1 aromatic heterocycles. The minimum Gasteiger partial charge on any atom is -0.438 e. The molecule has 2 heterocycles. The SMILES string of the molecule is CC1(c2ccc(F)c(NC(=O)c3cccnc3Oc3ccc(Cl)cc3)c2)CCSC(N)=N1. The van der Waals surface area contributed by atoms with Gasteiger partial charge in [0.25, 0.3) is 5.91 Å². The number of rotatable bonds is 5. The first kappa shape index (κ1) is 22.1. The zero-order chi connectivity index (χ0) is 22.7. The largest absolute Gasteiger partial charge is 0.438 e. The number of hydrogen-bond acceptors (Lipinski definition) is 6. The Morgan fingerprint density at radius 2 is 2.03 bits per heavy atom. The second kappa shape index (κ2) is 9.18. The number of amidine groups is 1. The van der Waals surface area contributed by atoms with E-state index in [1.54, 1.807) is 48.5 Å². The van der Waals surface area contributed by atoms with Crippen LogP contribution in [-0.4, -0.2) is 21.8 Å². The van der Waals surface area contributed by atoms with Gasteiger partial charge in [-0.15, -0.1) is 0 Å². The number of aliphatic imine (C=N–C) groups is 1. The molecule has 1 unspecified atom stereocenters. The summed E-state index contributed by atoms with van der Waals surface area (Å²) in [4.78, 5) is 21.7. The molecule has 6 nitrogen and oxygen atoms in total. The maximum atomic E-state index is 14.6. The van der Waals surface area contributed by atoms with E-state index in [1.165, 1.54) is 24.0 Å². The number of thioether (sulfide) groups is 1. The molecule has 0 saturated heterocycles.